The first-order valence-corrected chi connectivity index (χ1v) is 23.0. The molecule has 0 N–H and O–H groups in total. The summed E-state index contributed by atoms with van der Waals surface area (Å²) in [5, 5.41) is 6.61. The van der Waals surface area contributed by atoms with Crippen LogP contribution in [0.15, 0.2) is 49.1 Å². The minimum atomic E-state index is 0.645. The van der Waals surface area contributed by atoms with Gasteiger partial charge in [-0.1, -0.05) is 118 Å². The van der Waals surface area contributed by atoms with E-state index in [1.54, 1.807) is 0 Å². The van der Waals surface area contributed by atoms with Crippen molar-refractivity contribution in [2.75, 3.05) is 39.6 Å². The number of allylic oxidation sites excluding steroid dienone is 1. The lowest BCUT2D eigenvalue weighted by Gasteiger charge is -2.21. The highest BCUT2D eigenvalue weighted by Crippen LogP contribution is 2.47. The number of fused-ring (bicyclic) bond motifs is 6. The van der Waals surface area contributed by atoms with Gasteiger partial charge in [0.15, 0.2) is 34.5 Å². The Bertz CT molecular complexity index is 1700. The van der Waals surface area contributed by atoms with Crippen LogP contribution in [0.2, 0.25) is 0 Å². The molecule has 0 atom stereocenters. The number of hydrogen-bond donors (Lipinski definition) is 0. The van der Waals surface area contributed by atoms with Crippen LogP contribution in [0.1, 0.15) is 163 Å². The van der Waals surface area contributed by atoms with E-state index in [0.29, 0.717) is 39.6 Å². The maximum Gasteiger partial charge on any atom is 0.161 e. The molecular weight excluding hydrogens is 709 g/mol. The quantitative estimate of drug-likeness (QED) is 0.0272. The number of hydrogen-bond acceptors (Lipinski definition) is 6. The summed E-state index contributed by atoms with van der Waals surface area (Å²) >= 11 is 0. The summed E-state index contributed by atoms with van der Waals surface area (Å²) in [6, 6.07) is 13.3. The van der Waals surface area contributed by atoms with Crippen LogP contribution in [0.25, 0.3) is 32.3 Å². The molecule has 57 heavy (non-hydrogen) atoms. The summed E-state index contributed by atoms with van der Waals surface area (Å²) in [6.07, 6.45) is 24.0. The largest absolute Gasteiger partial charge is 0.490 e. The van der Waals surface area contributed by atoms with E-state index in [0.717, 1.165) is 182 Å². The molecule has 6 heteroatoms. The molecule has 316 valence electrons. The molecule has 0 amide bonds. The monoisotopic (exact) mass is 785 g/mol. The Hall–Kier alpha value is -3.80. The summed E-state index contributed by atoms with van der Waals surface area (Å²) in [7, 11) is 0. The van der Waals surface area contributed by atoms with Gasteiger partial charge in [0.05, 0.1) is 39.6 Å². The molecule has 0 heterocycles. The zero-order chi connectivity index (χ0) is 40.5. The van der Waals surface area contributed by atoms with Crippen LogP contribution >= 0.6 is 0 Å². The number of ether oxygens (including phenoxy) is 6. The van der Waals surface area contributed by atoms with E-state index < -0.39 is 0 Å². The van der Waals surface area contributed by atoms with Crippen molar-refractivity contribution in [1.29, 1.82) is 0 Å². The van der Waals surface area contributed by atoms with Gasteiger partial charge in [-0.05, 0) is 120 Å². The minimum absolute atomic E-state index is 0.645. The van der Waals surface area contributed by atoms with Gasteiger partial charge >= 0.3 is 0 Å². The molecule has 0 fully saturated rings. The van der Waals surface area contributed by atoms with E-state index in [4.69, 9.17) is 28.4 Å². The highest BCUT2D eigenvalue weighted by atomic mass is 16.5. The van der Waals surface area contributed by atoms with Crippen molar-refractivity contribution in [1.82, 2.24) is 0 Å². The predicted octanol–water partition coefficient (Wildman–Crippen LogP) is 15.5. The number of unbranched alkanes of at least 4 members (excludes halogenated alkanes) is 14. The molecule has 0 saturated carbocycles. The third-order valence-electron chi connectivity index (χ3n) is 10.7. The topological polar surface area (TPSA) is 55.4 Å². The molecular formula is C51H76O6. The van der Waals surface area contributed by atoms with Gasteiger partial charge in [-0.3, -0.25) is 0 Å². The second-order valence-electron chi connectivity index (χ2n) is 15.7. The van der Waals surface area contributed by atoms with E-state index in [1.807, 2.05) is 6.08 Å². The van der Waals surface area contributed by atoms with E-state index in [1.165, 1.54) is 12.8 Å². The summed E-state index contributed by atoms with van der Waals surface area (Å²) < 4.78 is 39.5. The first kappa shape index (κ1) is 45.9. The van der Waals surface area contributed by atoms with Crippen molar-refractivity contribution in [3.8, 4) is 34.5 Å². The van der Waals surface area contributed by atoms with Crippen molar-refractivity contribution in [2.45, 2.75) is 163 Å². The first-order chi connectivity index (χ1) is 28.1. The molecule has 0 aromatic heterocycles. The van der Waals surface area contributed by atoms with Crippen molar-refractivity contribution >= 4 is 32.3 Å². The number of benzene rings is 4. The molecule has 0 aliphatic heterocycles. The Morgan fingerprint density at radius 1 is 0.316 bits per heavy atom. The fraction of sp³-hybridized carbons (Fsp3) is 0.608. The Balaban J connectivity index is 1.95. The van der Waals surface area contributed by atoms with Crippen LogP contribution in [0.3, 0.4) is 0 Å². The Labute approximate surface area is 346 Å². The SMILES string of the molecule is C=CCCCCCCOc1cc2c3cc(OCCCCC)c(OCCCCC)cc3c3cc(OCCCCC)c(OCCCCC)cc3c2cc1OCCCCC. The van der Waals surface area contributed by atoms with E-state index >= 15 is 0 Å². The van der Waals surface area contributed by atoms with E-state index in [-0.39, 0.29) is 0 Å². The smallest absolute Gasteiger partial charge is 0.161 e. The molecule has 0 radical (unpaired) electrons. The minimum Gasteiger partial charge on any atom is -0.490 e. The second kappa shape index (κ2) is 27.0. The maximum absolute atomic E-state index is 6.63. The summed E-state index contributed by atoms with van der Waals surface area (Å²) in [4.78, 5) is 0. The van der Waals surface area contributed by atoms with Gasteiger partial charge < -0.3 is 28.4 Å². The lowest BCUT2D eigenvalue weighted by atomic mass is 9.93. The molecule has 0 spiro atoms. The standard InChI is InChI=1S/C51H76O6/c1-7-13-19-20-21-27-33-57-51-39-45-43-37-49(55-31-25-17-11-5)47(53-29-23-15-9-3)35-41(43)40-34-46(52-28-22-14-8-2)48(54-30-24-16-10-4)36-42(40)44(45)38-50(51)56-32-26-18-12-6/h7,34-39H,1,8-33H2,2-6H3. The maximum atomic E-state index is 6.63. The third-order valence-corrected chi connectivity index (χ3v) is 10.7. The summed E-state index contributed by atoms with van der Waals surface area (Å²) in [6.45, 7) is 18.9. The first-order valence-electron chi connectivity index (χ1n) is 23.0. The Kier molecular flexibility index (Phi) is 21.7. The van der Waals surface area contributed by atoms with Gasteiger partial charge in [0.25, 0.3) is 0 Å². The normalized spacial score (nSPS) is 11.4. The molecule has 6 nitrogen and oxygen atoms in total. The fourth-order valence-electron chi connectivity index (χ4n) is 7.29. The zero-order valence-corrected chi connectivity index (χ0v) is 36.6. The van der Waals surface area contributed by atoms with Gasteiger partial charge in [0.1, 0.15) is 0 Å². The fourth-order valence-corrected chi connectivity index (χ4v) is 7.29. The van der Waals surface area contributed by atoms with Crippen LogP contribution in [-0.4, -0.2) is 39.6 Å². The van der Waals surface area contributed by atoms with Crippen molar-refractivity contribution in [3.63, 3.8) is 0 Å². The molecule has 0 bridgehead atoms. The van der Waals surface area contributed by atoms with E-state index in [2.05, 4.69) is 77.6 Å². The average Bonchev–Trinajstić information content (AvgIpc) is 3.22. The molecule has 0 aliphatic carbocycles. The van der Waals surface area contributed by atoms with Crippen LogP contribution in [0.4, 0.5) is 0 Å². The highest BCUT2D eigenvalue weighted by Gasteiger charge is 2.20. The van der Waals surface area contributed by atoms with Gasteiger partial charge in [-0.25, -0.2) is 0 Å². The van der Waals surface area contributed by atoms with Crippen LogP contribution in [0, 0.1) is 0 Å². The van der Waals surface area contributed by atoms with Crippen molar-refractivity contribution in [3.05, 3.63) is 49.1 Å². The Morgan fingerprint density at radius 3 is 0.737 bits per heavy atom. The van der Waals surface area contributed by atoms with Gasteiger partial charge in [-0.15, -0.1) is 6.58 Å². The lowest BCUT2D eigenvalue weighted by molar-refractivity contribution is 0.259. The zero-order valence-electron chi connectivity index (χ0n) is 36.6. The molecule has 0 saturated heterocycles. The van der Waals surface area contributed by atoms with Crippen molar-refractivity contribution in [2.24, 2.45) is 0 Å². The highest BCUT2D eigenvalue weighted by molar-refractivity contribution is 6.26. The number of rotatable bonds is 33. The van der Waals surface area contributed by atoms with Crippen molar-refractivity contribution < 1.29 is 28.4 Å². The van der Waals surface area contributed by atoms with E-state index in [9.17, 15) is 0 Å². The third kappa shape index (κ3) is 14.5. The molecule has 4 aromatic carbocycles. The predicted molar refractivity (Wildman–Crippen MR) is 243 cm³/mol. The molecule has 4 rings (SSSR count). The second-order valence-corrected chi connectivity index (χ2v) is 15.7. The van der Waals surface area contributed by atoms with Gasteiger partial charge in [-0.2, -0.15) is 0 Å². The van der Waals surface area contributed by atoms with Crippen LogP contribution in [0.5, 0.6) is 34.5 Å². The molecule has 0 aliphatic rings. The van der Waals surface area contributed by atoms with Gasteiger partial charge in [0.2, 0.25) is 0 Å². The molecule has 0 unspecified atom stereocenters. The van der Waals surface area contributed by atoms with Crippen LogP contribution in [-0.2, 0) is 0 Å². The van der Waals surface area contributed by atoms with Gasteiger partial charge in [0, 0.05) is 0 Å². The van der Waals surface area contributed by atoms with Crippen LogP contribution < -0.4 is 28.4 Å². The molecule has 4 aromatic rings. The summed E-state index contributed by atoms with van der Waals surface area (Å²) in [5.41, 5.74) is 0. The summed E-state index contributed by atoms with van der Waals surface area (Å²) in [5.74, 6) is 4.77. The lowest BCUT2D eigenvalue weighted by Crippen LogP contribution is -2.05. The Morgan fingerprint density at radius 2 is 0.526 bits per heavy atom. The average molecular weight is 785 g/mol.